The predicted octanol–water partition coefficient (Wildman–Crippen LogP) is 3.23. The second-order valence-corrected chi connectivity index (χ2v) is 9.58. The molecule has 2 atom stereocenters. The molecule has 1 amide bonds. The number of pyridine rings is 1. The normalized spacial score (nSPS) is 21.5. The Hall–Kier alpha value is -3.51. The minimum Gasteiger partial charge on any atom is -0.503 e. The summed E-state index contributed by atoms with van der Waals surface area (Å²) in [6.07, 6.45) is 3.25. The van der Waals surface area contributed by atoms with Crippen LogP contribution in [-0.4, -0.2) is 49.1 Å². The van der Waals surface area contributed by atoms with Gasteiger partial charge in [-0.2, -0.15) is 0 Å². The molecule has 1 N–H and O–H groups in total. The molecule has 12 heteroatoms. The Balaban J connectivity index is 1.54. The number of aromatic nitrogens is 3. The Kier molecular flexibility index (Phi) is 5.52. The average Bonchev–Trinajstić information content (AvgIpc) is 3.26. The van der Waals surface area contributed by atoms with E-state index in [9.17, 15) is 27.9 Å². The molecule has 2 aromatic heterocycles. The highest BCUT2D eigenvalue weighted by atomic mass is 32.1. The SMILES string of the molecule is C=C[C@@H]1CCO[C@@]2(C)Cn3cc(-c4nnc(Cc5c(F)cc(F)cc5F)s4)c(=O)c(O)c3C(=O)N12. The number of carbonyl (C=O) groups is 1. The fraction of sp³-hybridized carbons (Fsp3) is 0.304. The van der Waals surface area contributed by atoms with Crippen LogP contribution in [0.1, 0.15) is 34.4 Å². The van der Waals surface area contributed by atoms with E-state index >= 15 is 0 Å². The zero-order valence-electron chi connectivity index (χ0n) is 18.4. The molecule has 1 saturated heterocycles. The Morgan fingerprint density at radius 3 is 2.69 bits per heavy atom. The topological polar surface area (TPSA) is 97.5 Å². The molecule has 0 radical (unpaired) electrons. The zero-order chi connectivity index (χ0) is 25.1. The van der Waals surface area contributed by atoms with Crippen LogP contribution in [0.4, 0.5) is 13.2 Å². The van der Waals surface area contributed by atoms with Crippen molar-refractivity contribution in [2.75, 3.05) is 6.61 Å². The van der Waals surface area contributed by atoms with Crippen LogP contribution in [0.25, 0.3) is 10.6 Å². The number of carbonyl (C=O) groups excluding carboxylic acids is 1. The standard InChI is InChI=1S/C23H19F3N4O4S/c1-3-12-4-5-34-23(2)10-29-9-14(19(31)20(32)18(29)22(33)30(12)23)21-28-27-17(35-21)8-13-15(25)6-11(24)7-16(13)26/h3,6-7,9,12,32H,1,4-5,8,10H2,2H3/t12-,23+/m1/s1. The van der Waals surface area contributed by atoms with Gasteiger partial charge in [-0.25, -0.2) is 13.2 Å². The van der Waals surface area contributed by atoms with Crippen LogP contribution in [0.15, 0.2) is 35.8 Å². The number of ether oxygens (including phenoxy) is 1. The molecule has 3 aromatic rings. The van der Waals surface area contributed by atoms with E-state index in [2.05, 4.69) is 16.8 Å². The van der Waals surface area contributed by atoms with E-state index in [-0.39, 0.29) is 45.8 Å². The summed E-state index contributed by atoms with van der Waals surface area (Å²) < 4.78 is 48.6. The van der Waals surface area contributed by atoms with Gasteiger partial charge in [-0.15, -0.1) is 16.8 Å². The first kappa shape index (κ1) is 23.2. The van der Waals surface area contributed by atoms with Gasteiger partial charge in [-0.05, 0) is 13.3 Å². The third kappa shape index (κ3) is 3.73. The van der Waals surface area contributed by atoms with Gasteiger partial charge >= 0.3 is 0 Å². The molecule has 2 aliphatic heterocycles. The lowest BCUT2D eigenvalue weighted by Gasteiger charge is -2.51. The maximum Gasteiger partial charge on any atom is 0.277 e. The van der Waals surface area contributed by atoms with Crippen LogP contribution < -0.4 is 5.43 Å². The van der Waals surface area contributed by atoms with Gasteiger partial charge in [0.1, 0.15) is 22.5 Å². The van der Waals surface area contributed by atoms with Gasteiger partial charge in [0.2, 0.25) is 5.43 Å². The lowest BCUT2D eigenvalue weighted by molar-refractivity contribution is -0.180. The van der Waals surface area contributed by atoms with Gasteiger partial charge < -0.3 is 19.3 Å². The molecule has 4 heterocycles. The molecule has 2 aliphatic rings. The van der Waals surface area contributed by atoms with Crippen molar-refractivity contribution in [2.45, 2.75) is 38.1 Å². The number of hydrogen-bond acceptors (Lipinski definition) is 7. The maximum atomic E-state index is 14.0. The zero-order valence-corrected chi connectivity index (χ0v) is 19.2. The number of hydrogen-bond donors (Lipinski definition) is 1. The summed E-state index contributed by atoms with van der Waals surface area (Å²) in [7, 11) is 0. The van der Waals surface area contributed by atoms with E-state index < -0.39 is 40.3 Å². The number of halogens is 3. The summed E-state index contributed by atoms with van der Waals surface area (Å²) in [5.74, 6) is -4.47. The van der Waals surface area contributed by atoms with Crippen molar-refractivity contribution < 1.29 is 27.8 Å². The molecule has 0 bridgehead atoms. The van der Waals surface area contributed by atoms with E-state index in [0.717, 1.165) is 11.3 Å². The molecule has 0 saturated carbocycles. The minimum atomic E-state index is -1.06. The van der Waals surface area contributed by atoms with Crippen molar-refractivity contribution in [1.82, 2.24) is 19.7 Å². The summed E-state index contributed by atoms with van der Waals surface area (Å²) in [6.45, 7) is 6.06. The van der Waals surface area contributed by atoms with Crippen molar-refractivity contribution in [3.05, 3.63) is 74.9 Å². The van der Waals surface area contributed by atoms with E-state index in [1.807, 2.05) is 0 Å². The average molecular weight is 504 g/mol. The molecule has 0 unspecified atom stereocenters. The van der Waals surface area contributed by atoms with Crippen molar-refractivity contribution >= 4 is 17.2 Å². The summed E-state index contributed by atoms with van der Waals surface area (Å²) in [4.78, 5) is 27.8. The smallest absolute Gasteiger partial charge is 0.277 e. The summed E-state index contributed by atoms with van der Waals surface area (Å²) >= 11 is 0.889. The monoisotopic (exact) mass is 504 g/mol. The van der Waals surface area contributed by atoms with Gasteiger partial charge in [0, 0.05) is 30.3 Å². The van der Waals surface area contributed by atoms with Gasteiger partial charge in [-0.3, -0.25) is 9.59 Å². The van der Waals surface area contributed by atoms with Gasteiger partial charge in [0.25, 0.3) is 5.91 Å². The second-order valence-electron chi connectivity index (χ2n) is 8.51. The Bertz CT molecular complexity index is 1420. The van der Waals surface area contributed by atoms with Crippen molar-refractivity contribution in [3.8, 4) is 16.3 Å². The van der Waals surface area contributed by atoms with Crippen molar-refractivity contribution in [2.24, 2.45) is 0 Å². The lowest BCUT2D eigenvalue weighted by Crippen LogP contribution is -2.64. The molecule has 5 rings (SSSR count). The third-order valence-corrected chi connectivity index (χ3v) is 7.17. The summed E-state index contributed by atoms with van der Waals surface area (Å²) in [5, 5.41) is 18.8. The Morgan fingerprint density at radius 1 is 1.29 bits per heavy atom. The fourth-order valence-corrected chi connectivity index (χ4v) is 5.43. The van der Waals surface area contributed by atoms with E-state index in [1.165, 1.54) is 15.7 Å². The van der Waals surface area contributed by atoms with Crippen molar-refractivity contribution in [1.29, 1.82) is 0 Å². The molecule has 0 spiro atoms. The first-order valence-electron chi connectivity index (χ1n) is 10.7. The van der Waals surface area contributed by atoms with Crippen LogP contribution in [0, 0.1) is 17.5 Å². The molecule has 1 aromatic carbocycles. The molecule has 8 nitrogen and oxygen atoms in total. The first-order valence-corrected chi connectivity index (χ1v) is 11.5. The molecule has 35 heavy (non-hydrogen) atoms. The van der Waals surface area contributed by atoms with E-state index in [1.54, 1.807) is 13.0 Å². The molecule has 0 aliphatic carbocycles. The number of nitrogens with zero attached hydrogens (tertiary/aromatic N) is 4. The fourth-order valence-electron chi connectivity index (χ4n) is 4.57. The third-order valence-electron chi connectivity index (χ3n) is 6.21. The highest BCUT2D eigenvalue weighted by molar-refractivity contribution is 7.14. The number of benzene rings is 1. The van der Waals surface area contributed by atoms with Crippen LogP contribution >= 0.6 is 11.3 Å². The van der Waals surface area contributed by atoms with E-state index in [4.69, 9.17) is 4.74 Å². The first-order chi connectivity index (χ1) is 16.6. The summed E-state index contributed by atoms with van der Waals surface area (Å²) in [5.41, 5.74) is -2.44. The van der Waals surface area contributed by atoms with E-state index in [0.29, 0.717) is 25.2 Å². The largest absolute Gasteiger partial charge is 0.503 e. The number of amides is 1. The number of fused-ring (bicyclic) bond motifs is 2. The van der Waals surface area contributed by atoms with Gasteiger partial charge in [0.15, 0.2) is 22.2 Å². The lowest BCUT2D eigenvalue weighted by atomic mass is 9.99. The molecular weight excluding hydrogens is 485 g/mol. The maximum absolute atomic E-state index is 14.0. The highest BCUT2D eigenvalue weighted by Gasteiger charge is 2.49. The van der Waals surface area contributed by atoms with Crippen LogP contribution in [0.3, 0.4) is 0 Å². The quantitative estimate of drug-likeness (QED) is 0.548. The van der Waals surface area contributed by atoms with Crippen LogP contribution in [0.2, 0.25) is 0 Å². The van der Waals surface area contributed by atoms with Gasteiger partial charge in [0.05, 0.1) is 24.8 Å². The van der Waals surface area contributed by atoms with Gasteiger partial charge in [-0.1, -0.05) is 17.4 Å². The minimum absolute atomic E-state index is 0.0315. The highest BCUT2D eigenvalue weighted by Crippen LogP contribution is 2.37. The van der Waals surface area contributed by atoms with Crippen LogP contribution in [0.5, 0.6) is 5.75 Å². The molecule has 1 fully saturated rings. The summed E-state index contributed by atoms with van der Waals surface area (Å²) in [6, 6.07) is 0.820. The number of rotatable bonds is 4. The Labute approximate surface area is 200 Å². The number of aromatic hydroxyl groups is 1. The van der Waals surface area contributed by atoms with Crippen LogP contribution in [-0.2, 0) is 17.7 Å². The second kappa shape index (κ2) is 8.31. The Morgan fingerprint density at radius 2 is 2.00 bits per heavy atom. The van der Waals surface area contributed by atoms with Crippen molar-refractivity contribution in [3.63, 3.8) is 0 Å². The molecular formula is C23H19F3N4O4S. The molecule has 182 valence electrons. The predicted molar refractivity (Wildman–Crippen MR) is 120 cm³/mol.